The highest BCUT2D eigenvalue weighted by atomic mass is 32.1. The summed E-state index contributed by atoms with van der Waals surface area (Å²) in [6, 6.07) is 12.9. The van der Waals surface area contributed by atoms with E-state index in [1.807, 2.05) is 36.6 Å². The first kappa shape index (κ1) is 19.5. The minimum Gasteiger partial charge on any atom is -0.489 e. The lowest BCUT2D eigenvalue weighted by atomic mass is 10.1. The van der Waals surface area contributed by atoms with Crippen LogP contribution in [0.25, 0.3) is 0 Å². The van der Waals surface area contributed by atoms with Crippen LogP contribution in [-0.2, 0) is 0 Å². The number of thiophene rings is 1. The van der Waals surface area contributed by atoms with Crippen molar-refractivity contribution in [2.24, 2.45) is 4.99 Å². The van der Waals surface area contributed by atoms with Gasteiger partial charge in [0.05, 0.1) is 11.5 Å². The number of anilines is 1. The maximum atomic E-state index is 6.03. The second kappa shape index (κ2) is 9.65. The molecule has 1 saturated heterocycles. The molecule has 146 valence electrons. The van der Waals surface area contributed by atoms with Gasteiger partial charge in [0.15, 0.2) is 5.96 Å². The van der Waals surface area contributed by atoms with E-state index < -0.39 is 0 Å². The van der Waals surface area contributed by atoms with Crippen molar-refractivity contribution in [2.75, 3.05) is 31.6 Å². The number of nitrogens with one attached hydrogen (secondary N) is 2. The highest BCUT2D eigenvalue weighted by Crippen LogP contribution is 2.24. The Labute approximate surface area is 166 Å². The Hall–Kier alpha value is -2.21. The summed E-state index contributed by atoms with van der Waals surface area (Å²) in [5, 5.41) is 10.5. The first-order chi connectivity index (χ1) is 13.2. The van der Waals surface area contributed by atoms with Gasteiger partial charge < -0.3 is 20.3 Å². The van der Waals surface area contributed by atoms with Gasteiger partial charge in [-0.25, -0.2) is 0 Å². The van der Waals surface area contributed by atoms with Crippen LogP contribution < -0.4 is 20.3 Å². The molecule has 1 unspecified atom stereocenters. The second-order valence-corrected chi connectivity index (χ2v) is 7.93. The molecule has 0 radical (unpaired) electrons. The zero-order valence-corrected chi connectivity index (χ0v) is 17.3. The van der Waals surface area contributed by atoms with Crippen LogP contribution in [0.15, 0.2) is 46.8 Å². The lowest BCUT2D eigenvalue weighted by molar-refractivity contribution is 0.222. The summed E-state index contributed by atoms with van der Waals surface area (Å²) in [5.41, 5.74) is 1.16. The van der Waals surface area contributed by atoms with E-state index >= 15 is 0 Å². The number of para-hydroxylation sites is 1. The zero-order chi connectivity index (χ0) is 19.1. The van der Waals surface area contributed by atoms with Crippen LogP contribution >= 0.6 is 11.3 Å². The van der Waals surface area contributed by atoms with Crippen molar-refractivity contribution >= 4 is 22.3 Å². The van der Waals surface area contributed by atoms with Gasteiger partial charge in [0.1, 0.15) is 11.9 Å². The van der Waals surface area contributed by atoms with E-state index in [1.54, 1.807) is 0 Å². The molecule has 0 saturated carbocycles. The molecule has 1 aromatic carbocycles. The van der Waals surface area contributed by atoms with Crippen LogP contribution in [0.1, 0.15) is 25.3 Å². The van der Waals surface area contributed by atoms with Crippen LogP contribution in [0.4, 0.5) is 5.00 Å². The van der Waals surface area contributed by atoms with Crippen molar-refractivity contribution in [1.82, 2.24) is 10.6 Å². The molecular weight excluding hydrogens is 356 g/mol. The molecule has 2 heterocycles. The van der Waals surface area contributed by atoms with Gasteiger partial charge in [-0.05, 0) is 55.8 Å². The molecule has 1 aromatic heterocycles. The monoisotopic (exact) mass is 386 g/mol. The molecule has 3 rings (SSSR count). The largest absolute Gasteiger partial charge is 0.489 e. The fourth-order valence-corrected chi connectivity index (χ4v) is 4.05. The Morgan fingerprint density at radius 2 is 2.04 bits per heavy atom. The van der Waals surface area contributed by atoms with E-state index in [4.69, 9.17) is 4.74 Å². The molecule has 1 aliphatic rings. The number of hydrogen-bond acceptors (Lipinski definition) is 4. The van der Waals surface area contributed by atoms with Crippen molar-refractivity contribution in [2.45, 2.75) is 38.8 Å². The summed E-state index contributed by atoms with van der Waals surface area (Å²) in [6.45, 7) is 7.02. The van der Waals surface area contributed by atoms with Crippen molar-refractivity contribution in [3.8, 4) is 5.75 Å². The average molecular weight is 387 g/mol. The van der Waals surface area contributed by atoms with Crippen LogP contribution in [0, 0.1) is 6.92 Å². The maximum Gasteiger partial charge on any atom is 0.191 e. The molecule has 27 heavy (non-hydrogen) atoms. The highest BCUT2D eigenvalue weighted by molar-refractivity contribution is 7.14. The van der Waals surface area contributed by atoms with Crippen molar-refractivity contribution in [1.29, 1.82) is 0 Å². The average Bonchev–Trinajstić information content (AvgIpc) is 3.22. The first-order valence-electron chi connectivity index (χ1n) is 9.63. The van der Waals surface area contributed by atoms with Gasteiger partial charge in [-0.2, -0.15) is 0 Å². The SMILES string of the molecule is CN=C(NCC(C)Oc1ccccc1C)NC1CCN(c2cccs2)CC1. The number of nitrogens with zero attached hydrogens (tertiary/aromatic N) is 2. The second-order valence-electron chi connectivity index (χ2n) is 7.00. The van der Waals surface area contributed by atoms with Gasteiger partial charge in [-0.1, -0.05) is 18.2 Å². The van der Waals surface area contributed by atoms with Gasteiger partial charge in [-0.15, -0.1) is 11.3 Å². The molecule has 1 fully saturated rings. The minimum absolute atomic E-state index is 0.0605. The summed E-state index contributed by atoms with van der Waals surface area (Å²) in [6.07, 6.45) is 2.30. The Morgan fingerprint density at radius 3 is 2.70 bits per heavy atom. The van der Waals surface area contributed by atoms with Crippen molar-refractivity contribution in [3.05, 3.63) is 47.3 Å². The van der Waals surface area contributed by atoms with Crippen LogP contribution in [0.5, 0.6) is 5.75 Å². The Kier molecular flexibility index (Phi) is 6.98. The molecule has 2 N–H and O–H groups in total. The van der Waals surface area contributed by atoms with Crippen LogP contribution in [0.2, 0.25) is 0 Å². The van der Waals surface area contributed by atoms with Crippen molar-refractivity contribution in [3.63, 3.8) is 0 Å². The Balaban J connectivity index is 1.41. The van der Waals surface area contributed by atoms with Crippen molar-refractivity contribution < 1.29 is 4.74 Å². The molecule has 5 nitrogen and oxygen atoms in total. The van der Waals surface area contributed by atoms with E-state index in [2.05, 4.69) is 58.0 Å². The van der Waals surface area contributed by atoms with Gasteiger partial charge in [-0.3, -0.25) is 4.99 Å². The molecular formula is C21H30N4OS. The molecule has 0 spiro atoms. The molecule has 0 amide bonds. The lowest BCUT2D eigenvalue weighted by Crippen LogP contribution is -2.50. The predicted molar refractivity (Wildman–Crippen MR) is 115 cm³/mol. The quantitative estimate of drug-likeness (QED) is 0.588. The van der Waals surface area contributed by atoms with E-state index in [0.717, 1.165) is 43.2 Å². The Bertz CT molecular complexity index is 724. The molecule has 1 aliphatic heterocycles. The van der Waals surface area contributed by atoms with E-state index in [0.29, 0.717) is 12.6 Å². The van der Waals surface area contributed by atoms with Crippen LogP contribution in [0.3, 0.4) is 0 Å². The minimum atomic E-state index is 0.0605. The molecule has 0 bridgehead atoms. The lowest BCUT2D eigenvalue weighted by Gasteiger charge is -2.33. The normalized spacial score (nSPS) is 16.9. The number of aryl methyl sites for hydroxylation is 1. The number of rotatable bonds is 6. The third-order valence-electron chi connectivity index (χ3n) is 4.86. The third-order valence-corrected chi connectivity index (χ3v) is 5.78. The number of guanidine groups is 1. The smallest absolute Gasteiger partial charge is 0.191 e. The third kappa shape index (κ3) is 5.63. The van der Waals surface area contributed by atoms with Gasteiger partial charge in [0.2, 0.25) is 0 Å². The Morgan fingerprint density at radius 1 is 1.26 bits per heavy atom. The van der Waals surface area contributed by atoms with E-state index in [1.165, 1.54) is 5.00 Å². The van der Waals surface area contributed by atoms with Gasteiger partial charge in [0, 0.05) is 26.2 Å². The molecule has 0 aliphatic carbocycles. The first-order valence-corrected chi connectivity index (χ1v) is 10.5. The predicted octanol–water partition coefficient (Wildman–Crippen LogP) is 3.66. The summed E-state index contributed by atoms with van der Waals surface area (Å²) >= 11 is 1.82. The van der Waals surface area contributed by atoms with E-state index in [9.17, 15) is 0 Å². The fourth-order valence-electron chi connectivity index (χ4n) is 3.27. The molecule has 1 atom stereocenters. The summed E-state index contributed by atoms with van der Waals surface area (Å²) in [4.78, 5) is 6.84. The van der Waals surface area contributed by atoms with E-state index in [-0.39, 0.29) is 6.10 Å². The standard InChI is InChI=1S/C21H30N4OS/c1-16-7-4-5-8-19(16)26-17(2)15-23-21(22-3)24-18-10-12-25(13-11-18)20-9-6-14-27-20/h4-9,14,17-18H,10-13,15H2,1-3H3,(H2,22,23,24). The summed E-state index contributed by atoms with van der Waals surface area (Å²) < 4.78 is 6.03. The molecule has 6 heteroatoms. The zero-order valence-electron chi connectivity index (χ0n) is 16.4. The maximum absolute atomic E-state index is 6.03. The van der Waals surface area contributed by atoms with Gasteiger partial charge >= 0.3 is 0 Å². The fraction of sp³-hybridized carbons (Fsp3) is 0.476. The summed E-state index contributed by atoms with van der Waals surface area (Å²) in [5.74, 6) is 1.79. The van der Waals surface area contributed by atoms with Gasteiger partial charge in [0.25, 0.3) is 0 Å². The topological polar surface area (TPSA) is 48.9 Å². The highest BCUT2D eigenvalue weighted by Gasteiger charge is 2.20. The number of piperidine rings is 1. The molecule has 2 aromatic rings. The number of aliphatic imine (C=N–C) groups is 1. The summed E-state index contributed by atoms with van der Waals surface area (Å²) in [7, 11) is 1.82. The number of hydrogen-bond donors (Lipinski definition) is 2. The number of ether oxygens (including phenoxy) is 1. The van der Waals surface area contributed by atoms with Crippen LogP contribution in [-0.4, -0.2) is 44.8 Å². The number of benzene rings is 1.